The second kappa shape index (κ2) is 12.2. The summed E-state index contributed by atoms with van der Waals surface area (Å²) >= 11 is 0. The van der Waals surface area contributed by atoms with E-state index in [1.807, 2.05) is 0 Å². The molecule has 0 amide bonds. The van der Waals surface area contributed by atoms with Gasteiger partial charge in [-0.2, -0.15) is 0 Å². The highest BCUT2D eigenvalue weighted by Crippen LogP contribution is 2.17. The summed E-state index contributed by atoms with van der Waals surface area (Å²) in [6.07, 6.45) is 12.7. The van der Waals surface area contributed by atoms with E-state index in [-0.39, 0.29) is 6.42 Å². The van der Waals surface area contributed by atoms with Crippen LogP contribution in [0.2, 0.25) is 0 Å². The molecule has 0 aromatic carbocycles. The van der Waals surface area contributed by atoms with Crippen LogP contribution in [0.3, 0.4) is 0 Å². The lowest BCUT2D eigenvalue weighted by Gasteiger charge is -2.19. The van der Waals surface area contributed by atoms with Crippen LogP contribution < -0.4 is 0 Å². The van der Waals surface area contributed by atoms with Crippen molar-refractivity contribution in [3.63, 3.8) is 0 Å². The van der Waals surface area contributed by atoms with Gasteiger partial charge in [-0.3, -0.25) is 4.79 Å². The van der Waals surface area contributed by atoms with E-state index >= 15 is 0 Å². The first kappa shape index (κ1) is 19.4. The SMILES string of the molecule is CCCCCCCCCCCCCC(O)(O)CC(=O)O. The Bertz CT molecular complexity index is 239. The van der Waals surface area contributed by atoms with Gasteiger partial charge in [-0.25, -0.2) is 0 Å². The largest absolute Gasteiger partial charge is 0.481 e. The minimum Gasteiger partial charge on any atom is -0.481 e. The van der Waals surface area contributed by atoms with Gasteiger partial charge in [0.1, 0.15) is 0 Å². The third kappa shape index (κ3) is 13.8. The molecule has 3 N–H and O–H groups in total. The first-order valence-electron chi connectivity index (χ1n) is 8.14. The maximum atomic E-state index is 10.4. The fourth-order valence-electron chi connectivity index (χ4n) is 2.40. The Morgan fingerprint density at radius 3 is 1.60 bits per heavy atom. The van der Waals surface area contributed by atoms with Crippen LogP contribution in [0.4, 0.5) is 0 Å². The number of rotatable bonds is 14. The molecule has 0 aliphatic heterocycles. The molecular formula is C16H32O4. The zero-order valence-electron chi connectivity index (χ0n) is 12.9. The van der Waals surface area contributed by atoms with E-state index in [9.17, 15) is 15.0 Å². The van der Waals surface area contributed by atoms with Gasteiger partial charge in [0.25, 0.3) is 0 Å². The molecule has 0 fully saturated rings. The molecule has 0 atom stereocenters. The standard InChI is InChI=1S/C16H32O4/c1-2-3-4-5-6-7-8-9-10-11-12-13-16(19,20)14-15(17)18/h19-20H,2-14H2,1H3,(H,17,18). The van der Waals surface area contributed by atoms with E-state index in [2.05, 4.69) is 6.92 Å². The molecule has 0 unspecified atom stereocenters. The Labute approximate surface area is 123 Å². The molecule has 4 nitrogen and oxygen atoms in total. The number of hydrogen-bond donors (Lipinski definition) is 3. The van der Waals surface area contributed by atoms with Gasteiger partial charge < -0.3 is 15.3 Å². The fraction of sp³-hybridized carbons (Fsp3) is 0.938. The zero-order valence-corrected chi connectivity index (χ0v) is 12.9. The summed E-state index contributed by atoms with van der Waals surface area (Å²) in [4.78, 5) is 10.4. The molecular weight excluding hydrogens is 256 g/mol. The van der Waals surface area contributed by atoms with E-state index in [0.717, 1.165) is 12.8 Å². The minimum atomic E-state index is -2.04. The van der Waals surface area contributed by atoms with Crippen LogP contribution in [0.15, 0.2) is 0 Å². The molecule has 0 radical (unpaired) electrons. The third-order valence-corrected chi connectivity index (χ3v) is 3.62. The van der Waals surface area contributed by atoms with Crippen molar-refractivity contribution in [3.05, 3.63) is 0 Å². The van der Waals surface area contributed by atoms with Crippen molar-refractivity contribution in [2.75, 3.05) is 0 Å². The van der Waals surface area contributed by atoms with E-state index < -0.39 is 18.2 Å². The quantitative estimate of drug-likeness (QED) is 0.335. The van der Waals surface area contributed by atoms with Crippen LogP contribution >= 0.6 is 0 Å². The minimum absolute atomic E-state index is 0.149. The van der Waals surface area contributed by atoms with Crippen LogP contribution in [0.1, 0.15) is 90.4 Å². The second-order valence-electron chi connectivity index (χ2n) is 5.84. The smallest absolute Gasteiger partial charge is 0.308 e. The highest BCUT2D eigenvalue weighted by atomic mass is 16.5. The predicted molar refractivity (Wildman–Crippen MR) is 80.5 cm³/mol. The molecule has 0 aromatic heterocycles. The fourth-order valence-corrected chi connectivity index (χ4v) is 2.40. The summed E-state index contributed by atoms with van der Waals surface area (Å²) in [5, 5.41) is 27.3. The van der Waals surface area contributed by atoms with Crippen molar-refractivity contribution in [1.29, 1.82) is 0 Å². The molecule has 0 rings (SSSR count). The Kier molecular flexibility index (Phi) is 11.8. The first-order valence-corrected chi connectivity index (χ1v) is 8.14. The number of aliphatic hydroxyl groups is 2. The number of unbranched alkanes of at least 4 members (excludes halogenated alkanes) is 10. The van der Waals surface area contributed by atoms with Gasteiger partial charge >= 0.3 is 5.97 Å². The van der Waals surface area contributed by atoms with Crippen molar-refractivity contribution in [2.24, 2.45) is 0 Å². The predicted octanol–water partition coefficient (Wildman–Crippen LogP) is 3.84. The summed E-state index contributed by atoms with van der Waals surface area (Å²) in [6, 6.07) is 0. The summed E-state index contributed by atoms with van der Waals surface area (Å²) in [7, 11) is 0. The van der Waals surface area contributed by atoms with E-state index in [1.54, 1.807) is 0 Å². The Morgan fingerprint density at radius 1 is 0.800 bits per heavy atom. The van der Waals surface area contributed by atoms with Gasteiger partial charge in [0.2, 0.25) is 0 Å². The van der Waals surface area contributed by atoms with Crippen LogP contribution in [0.25, 0.3) is 0 Å². The maximum Gasteiger partial charge on any atom is 0.308 e. The maximum absolute atomic E-state index is 10.4. The van der Waals surface area contributed by atoms with Crippen LogP contribution in [0, 0.1) is 0 Å². The van der Waals surface area contributed by atoms with E-state index in [4.69, 9.17) is 5.11 Å². The molecule has 0 saturated heterocycles. The molecule has 0 aromatic rings. The molecule has 0 saturated carbocycles. The molecule has 0 bridgehead atoms. The van der Waals surface area contributed by atoms with E-state index in [1.165, 1.54) is 51.4 Å². The number of carboxylic acids is 1. The summed E-state index contributed by atoms with van der Waals surface area (Å²) < 4.78 is 0. The third-order valence-electron chi connectivity index (χ3n) is 3.62. The molecule has 4 heteroatoms. The van der Waals surface area contributed by atoms with Gasteiger partial charge in [0.15, 0.2) is 5.79 Å². The lowest BCUT2D eigenvalue weighted by molar-refractivity contribution is -0.184. The summed E-state index contributed by atoms with van der Waals surface area (Å²) in [5.41, 5.74) is 0. The van der Waals surface area contributed by atoms with E-state index in [0.29, 0.717) is 6.42 Å². The summed E-state index contributed by atoms with van der Waals surface area (Å²) in [6.45, 7) is 2.23. The van der Waals surface area contributed by atoms with Crippen molar-refractivity contribution >= 4 is 5.97 Å². The van der Waals surface area contributed by atoms with Gasteiger partial charge in [-0.15, -0.1) is 0 Å². The summed E-state index contributed by atoms with van der Waals surface area (Å²) in [5.74, 6) is -3.21. The average Bonchev–Trinajstić information content (AvgIpc) is 2.34. The highest BCUT2D eigenvalue weighted by Gasteiger charge is 2.25. The zero-order chi connectivity index (χ0) is 15.3. The van der Waals surface area contributed by atoms with Gasteiger partial charge in [-0.1, -0.05) is 71.1 Å². The van der Waals surface area contributed by atoms with Crippen LogP contribution in [0.5, 0.6) is 0 Å². The number of aliphatic carboxylic acids is 1. The van der Waals surface area contributed by atoms with Gasteiger partial charge in [0, 0.05) is 6.42 Å². The lowest BCUT2D eigenvalue weighted by Crippen LogP contribution is -2.31. The number of carboxylic acid groups (broad SMARTS) is 1. The molecule has 0 heterocycles. The Hall–Kier alpha value is -0.610. The van der Waals surface area contributed by atoms with Crippen molar-refractivity contribution < 1.29 is 20.1 Å². The van der Waals surface area contributed by atoms with Crippen molar-refractivity contribution in [3.8, 4) is 0 Å². The molecule has 0 aliphatic rings. The normalized spacial score (nSPS) is 11.8. The molecule has 0 spiro atoms. The highest BCUT2D eigenvalue weighted by molar-refractivity contribution is 5.67. The number of carbonyl (C=O) groups is 1. The molecule has 120 valence electrons. The topological polar surface area (TPSA) is 77.8 Å². The van der Waals surface area contributed by atoms with Gasteiger partial charge in [0.05, 0.1) is 6.42 Å². The monoisotopic (exact) mass is 288 g/mol. The molecule has 0 aliphatic carbocycles. The van der Waals surface area contributed by atoms with Gasteiger partial charge in [-0.05, 0) is 6.42 Å². The van der Waals surface area contributed by atoms with Crippen LogP contribution in [-0.4, -0.2) is 27.1 Å². The second-order valence-corrected chi connectivity index (χ2v) is 5.84. The van der Waals surface area contributed by atoms with Crippen molar-refractivity contribution in [2.45, 2.75) is 96.2 Å². The van der Waals surface area contributed by atoms with Crippen LogP contribution in [-0.2, 0) is 4.79 Å². The average molecular weight is 288 g/mol. The Morgan fingerprint density at radius 2 is 1.20 bits per heavy atom. The van der Waals surface area contributed by atoms with Crippen molar-refractivity contribution in [1.82, 2.24) is 0 Å². The number of hydrogen-bond acceptors (Lipinski definition) is 3. The lowest BCUT2D eigenvalue weighted by atomic mass is 10.0. The molecule has 20 heavy (non-hydrogen) atoms. The first-order chi connectivity index (χ1) is 9.48. The Balaban J connectivity index is 3.26.